The number of nitrogens with zero attached hydrogens (tertiary/aromatic N) is 4. The van der Waals surface area contributed by atoms with Crippen LogP contribution in [0.4, 0.5) is 5.69 Å². The maximum absolute atomic E-state index is 4.58. The molecule has 2 aromatic carbocycles. The van der Waals surface area contributed by atoms with Gasteiger partial charge in [0.2, 0.25) is 0 Å². The van der Waals surface area contributed by atoms with Crippen LogP contribution in [0.1, 0.15) is 32.8 Å². The molecule has 4 heteroatoms. The maximum atomic E-state index is 4.58. The Labute approximate surface area is 149 Å². The lowest BCUT2D eigenvalue weighted by Crippen LogP contribution is -2.31. The lowest BCUT2D eigenvalue weighted by molar-refractivity contribution is 0.584. The summed E-state index contributed by atoms with van der Waals surface area (Å²) in [4.78, 5) is 2.47. The molecule has 4 rings (SSSR count). The third-order valence-corrected chi connectivity index (χ3v) is 4.88. The predicted molar refractivity (Wildman–Crippen MR) is 103 cm³/mol. The van der Waals surface area contributed by atoms with Gasteiger partial charge in [-0.25, -0.2) is 4.68 Å². The van der Waals surface area contributed by atoms with E-state index >= 15 is 0 Å². The number of rotatable bonds is 3. The second-order valence-electron chi connectivity index (χ2n) is 6.91. The second kappa shape index (κ2) is 6.36. The number of aryl methyl sites for hydroxylation is 1. The Balaban J connectivity index is 2.06. The highest BCUT2D eigenvalue weighted by molar-refractivity contribution is 5.88. The highest BCUT2D eigenvalue weighted by atomic mass is 15.4. The van der Waals surface area contributed by atoms with Crippen LogP contribution in [-0.4, -0.2) is 21.0 Å². The van der Waals surface area contributed by atoms with Crippen LogP contribution in [0, 0.1) is 0 Å². The lowest BCUT2D eigenvalue weighted by atomic mass is 9.95. The number of fused-ring (bicyclic) bond motifs is 5. The quantitative estimate of drug-likeness (QED) is 0.694. The fourth-order valence-electron chi connectivity index (χ4n) is 3.67. The van der Waals surface area contributed by atoms with Crippen LogP contribution >= 0.6 is 0 Å². The molecule has 1 aliphatic rings. The van der Waals surface area contributed by atoms with Gasteiger partial charge < -0.3 is 4.90 Å². The molecular formula is C21H24N4. The third-order valence-electron chi connectivity index (χ3n) is 4.88. The first-order valence-corrected chi connectivity index (χ1v) is 9.08. The van der Waals surface area contributed by atoms with Crippen LogP contribution in [-0.2, 0) is 13.1 Å². The third kappa shape index (κ3) is 2.62. The molecule has 0 N–H and O–H groups in total. The minimum Gasteiger partial charge on any atom is -0.364 e. The maximum Gasteiger partial charge on any atom is 0.121 e. The van der Waals surface area contributed by atoms with E-state index in [0.29, 0.717) is 6.04 Å². The standard InChI is InChI=1S/C21H24N4/c1-4-13-25-21-18-11-7-8-12-19(18)24(15(2)3)14-16-9-5-6-10-17(16)20(21)22-23-25/h5-12,15H,4,13-14H2,1-3H3. The summed E-state index contributed by atoms with van der Waals surface area (Å²) in [6.45, 7) is 8.44. The molecule has 4 nitrogen and oxygen atoms in total. The number of para-hydroxylation sites is 1. The van der Waals surface area contributed by atoms with E-state index in [4.69, 9.17) is 0 Å². The number of aromatic nitrogens is 3. The molecule has 0 fully saturated rings. The van der Waals surface area contributed by atoms with Gasteiger partial charge in [-0.3, -0.25) is 0 Å². The highest BCUT2D eigenvalue weighted by Crippen LogP contribution is 2.41. The van der Waals surface area contributed by atoms with Crippen molar-refractivity contribution in [3.8, 4) is 22.5 Å². The first kappa shape index (κ1) is 15.9. The van der Waals surface area contributed by atoms with E-state index in [0.717, 1.165) is 30.9 Å². The van der Waals surface area contributed by atoms with Crippen molar-refractivity contribution in [2.24, 2.45) is 0 Å². The number of benzene rings is 2. The van der Waals surface area contributed by atoms with E-state index in [1.54, 1.807) is 0 Å². The van der Waals surface area contributed by atoms with Crippen molar-refractivity contribution in [3.05, 3.63) is 54.1 Å². The van der Waals surface area contributed by atoms with Crippen LogP contribution in [0.2, 0.25) is 0 Å². The molecule has 0 spiro atoms. The number of hydrogen-bond donors (Lipinski definition) is 0. The molecule has 128 valence electrons. The van der Waals surface area contributed by atoms with Crippen molar-refractivity contribution >= 4 is 5.69 Å². The Hall–Kier alpha value is -2.62. The van der Waals surface area contributed by atoms with Crippen molar-refractivity contribution in [2.75, 3.05) is 4.90 Å². The van der Waals surface area contributed by atoms with Gasteiger partial charge >= 0.3 is 0 Å². The second-order valence-corrected chi connectivity index (χ2v) is 6.91. The first-order chi connectivity index (χ1) is 12.2. The normalized spacial score (nSPS) is 13.0. The monoisotopic (exact) mass is 332 g/mol. The topological polar surface area (TPSA) is 34.0 Å². The largest absolute Gasteiger partial charge is 0.364 e. The summed E-state index contributed by atoms with van der Waals surface area (Å²) < 4.78 is 2.06. The Morgan fingerprint density at radius 3 is 2.48 bits per heavy atom. The molecule has 0 atom stereocenters. The summed E-state index contributed by atoms with van der Waals surface area (Å²) in [6, 6.07) is 17.6. The van der Waals surface area contributed by atoms with Crippen LogP contribution in [0.15, 0.2) is 48.5 Å². The van der Waals surface area contributed by atoms with Gasteiger partial charge in [0.15, 0.2) is 0 Å². The van der Waals surface area contributed by atoms with Crippen molar-refractivity contribution in [1.29, 1.82) is 0 Å². The molecule has 0 saturated heterocycles. The van der Waals surface area contributed by atoms with E-state index in [-0.39, 0.29) is 0 Å². The van der Waals surface area contributed by atoms with E-state index in [2.05, 4.69) is 89.2 Å². The fraction of sp³-hybridized carbons (Fsp3) is 0.333. The molecule has 0 amide bonds. The summed E-state index contributed by atoms with van der Waals surface area (Å²) in [5.41, 5.74) is 7.11. The Morgan fingerprint density at radius 2 is 1.72 bits per heavy atom. The van der Waals surface area contributed by atoms with Crippen LogP contribution in [0.5, 0.6) is 0 Å². The van der Waals surface area contributed by atoms with Gasteiger partial charge in [-0.15, -0.1) is 5.10 Å². The molecule has 1 aromatic heterocycles. The van der Waals surface area contributed by atoms with Gasteiger partial charge in [0.25, 0.3) is 0 Å². The van der Waals surface area contributed by atoms with Crippen molar-refractivity contribution in [3.63, 3.8) is 0 Å². The summed E-state index contributed by atoms with van der Waals surface area (Å²) in [6.07, 6.45) is 1.04. The number of anilines is 1. The predicted octanol–water partition coefficient (Wildman–Crippen LogP) is 4.75. The van der Waals surface area contributed by atoms with Gasteiger partial charge in [0.05, 0.1) is 5.69 Å². The zero-order valence-corrected chi connectivity index (χ0v) is 15.1. The van der Waals surface area contributed by atoms with E-state index < -0.39 is 0 Å². The zero-order chi connectivity index (χ0) is 17.4. The molecule has 0 aliphatic carbocycles. The smallest absolute Gasteiger partial charge is 0.121 e. The summed E-state index contributed by atoms with van der Waals surface area (Å²) in [7, 11) is 0. The van der Waals surface area contributed by atoms with Gasteiger partial charge in [0.1, 0.15) is 5.69 Å². The van der Waals surface area contributed by atoms with Crippen LogP contribution in [0.25, 0.3) is 22.5 Å². The van der Waals surface area contributed by atoms with Gasteiger partial charge in [-0.2, -0.15) is 0 Å². The van der Waals surface area contributed by atoms with E-state index in [9.17, 15) is 0 Å². The van der Waals surface area contributed by atoms with Crippen molar-refractivity contribution in [1.82, 2.24) is 15.0 Å². The van der Waals surface area contributed by atoms with Crippen molar-refractivity contribution < 1.29 is 0 Å². The molecular weight excluding hydrogens is 308 g/mol. The molecule has 0 unspecified atom stereocenters. The highest BCUT2D eigenvalue weighted by Gasteiger charge is 2.26. The Bertz CT molecular complexity index is 894. The molecule has 3 aromatic rings. The van der Waals surface area contributed by atoms with Gasteiger partial charge in [0, 0.05) is 35.9 Å². The minimum atomic E-state index is 0.409. The molecule has 0 radical (unpaired) electrons. The minimum absolute atomic E-state index is 0.409. The van der Waals surface area contributed by atoms with Crippen LogP contribution in [0.3, 0.4) is 0 Å². The van der Waals surface area contributed by atoms with Gasteiger partial charge in [-0.05, 0) is 31.9 Å². The SMILES string of the molecule is CCCn1nnc2c1-c1ccccc1N(C(C)C)Cc1ccccc1-2. The van der Waals surface area contributed by atoms with Crippen molar-refractivity contribution in [2.45, 2.75) is 46.3 Å². The van der Waals surface area contributed by atoms with Crippen LogP contribution < -0.4 is 4.90 Å². The molecule has 0 bridgehead atoms. The molecule has 25 heavy (non-hydrogen) atoms. The molecule has 1 aliphatic heterocycles. The fourth-order valence-corrected chi connectivity index (χ4v) is 3.67. The summed E-state index contributed by atoms with van der Waals surface area (Å²) in [5.74, 6) is 0. The average molecular weight is 332 g/mol. The Kier molecular flexibility index (Phi) is 4.04. The van der Waals surface area contributed by atoms with Gasteiger partial charge in [-0.1, -0.05) is 54.6 Å². The average Bonchev–Trinajstić information content (AvgIpc) is 3.01. The summed E-state index contributed by atoms with van der Waals surface area (Å²) in [5, 5.41) is 9.07. The van der Waals surface area contributed by atoms with E-state index in [1.807, 2.05) is 0 Å². The van der Waals surface area contributed by atoms with E-state index in [1.165, 1.54) is 22.4 Å². The number of hydrogen-bond acceptors (Lipinski definition) is 3. The molecule has 0 saturated carbocycles. The lowest BCUT2D eigenvalue weighted by Gasteiger charge is -2.33. The first-order valence-electron chi connectivity index (χ1n) is 9.08. The molecule has 2 heterocycles. The Morgan fingerprint density at radius 1 is 1.00 bits per heavy atom. The summed E-state index contributed by atoms with van der Waals surface area (Å²) >= 11 is 0. The zero-order valence-electron chi connectivity index (χ0n) is 15.1.